The fourth-order valence-corrected chi connectivity index (χ4v) is 2.06. The van der Waals surface area contributed by atoms with Crippen LogP contribution in [0.25, 0.3) is 10.9 Å². The fourth-order valence-electron chi connectivity index (χ4n) is 2.06. The largest absolute Gasteiger partial charge is 0.426 e. The summed E-state index contributed by atoms with van der Waals surface area (Å²) in [6, 6.07) is 7.53. The van der Waals surface area contributed by atoms with Crippen molar-refractivity contribution in [1.29, 1.82) is 0 Å². The Hall–Kier alpha value is -1.52. The van der Waals surface area contributed by atoms with E-state index in [1.807, 2.05) is 30.5 Å². The van der Waals surface area contributed by atoms with E-state index in [9.17, 15) is 4.79 Å². The Kier molecular flexibility index (Phi) is 3.89. The molecule has 2 aromatic rings. The van der Waals surface area contributed by atoms with Crippen LogP contribution < -0.4 is 4.74 Å². The van der Waals surface area contributed by atoms with Gasteiger partial charge in [-0.2, -0.15) is 0 Å². The lowest BCUT2D eigenvalue weighted by molar-refractivity contribution is -0.138. The van der Waals surface area contributed by atoms with Crippen LogP contribution in [0.15, 0.2) is 30.5 Å². The van der Waals surface area contributed by atoms with Crippen molar-refractivity contribution in [2.75, 3.05) is 13.2 Å². The second kappa shape index (κ2) is 5.42. The molecule has 1 atom stereocenters. The zero-order valence-electron chi connectivity index (χ0n) is 9.72. The maximum Gasteiger partial charge on any atom is 0.316 e. The van der Waals surface area contributed by atoms with Gasteiger partial charge in [0.2, 0.25) is 0 Å². The van der Waals surface area contributed by atoms with Gasteiger partial charge >= 0.3 is 5.97 Å². The maximum atomic E-state index is 11.9. The Balaban J connectivity index is 0.00000120. The molecule has 0 saturated carbocycles. The molecule has 1 N–H and O–H groups in total. The van der Waals surface area contributed by atoms with Gasteiger partial charge in [-0.3, -0.25) is 4.79 Å². The van der Waals surface area contributed by atoms with Gasteiger partial charge in [0, 0.05) is 23.7 Å². The average Bonchev–Trinajstić information content (AvgIpc) is 3.00. The number of hydrogen-bond acceptors (Lipinski definition) is 3. The highest BCUT2D eigenvalue weighted by Crippen LogP contribution is 2.26. The fraction of sp³-hybridized carbons (Fsp3) is 0.308. The van der Waals surface area contributed by atoms with Crippen LogP contribution in [-0.4, -0.2) is 24.2 Å². The van der Waals surface area contributed by atoms with Crippen molar-refractivity contribution < 1.29 is 14.3 Å². The molecule has 2 heterocycles. The zero-order chi connectivity index (χ0) is 11.7. The van der Waals surface area contributed by atoms with Gasteiger partial charge in [0.05, 0.1) is 12.5 Å². The molecule has 0 aliphatic carbocycles. The van der Waals surface area contributed by atoms with E-state index in [1.54, 1.807) is 0 Å². The van der Waals surface area contributed by atoms with Gasteiger partial charge in [0.25, 0.3) is 0 Å². The van der Waals surface area contributed by atoms with E-state index in [-0.39, 0.29) is 24.3 Å². The third-order valence-corrected chi connectivity index (χ3v) is 3.03. The van der Waals surface area contributed by atoms with Crippen molar-refractivity contribution in [2.24, 2.45) is 5.92 Å². The minimum Gasteiger partial charge on any atom is -0.426 e. The molecule has 0 amide bonds. The van der Waals surface area contributed by atoms with Crippen molar-refractivity contribution in [1.82, 2.24) is 4.98 Å². The van der Waals surface area contributed by atoms with Crippen LogP contribution in [-0.2, 0) is 9.53 Å². The zero-order valence-corrected chi connectivity index (χ0v) is 10.5. The number of carbonyl (C=O) groups excluding carboxylic acids is 1. The van der Waals surface area contributed by atoms with Crippen LogP contribution in [0.3, 0.4) is 0 Å². The number of benzene rings is 1. The Morgan fingerprint density at radius 1 is 1.39 bits per heavy atom. The van der Waals surface area contributed by atoms with Gasteiger partial charge in [-0.15, -0.1) is 12.4 Å². The molecule has 3 rings (SSSR count). The number of halogens is 1. The van der Waals surface area contributed by atoms with E-state index >= 15 is 0 Å². The number of rotatable bonds is 2. The van der Waals surface area contributed by atoms with Gasteiger partial charge < -0.3 is 14.5 Å². The second-order valence-electron chi connectivity index (χ2n) is 4.18. The number of aromatic nitrogens is 1. The lowest BCUT2D eigenvalue weighted by atomic mass is 10.1. The molecule has 0 bridgehead atoms. The monoisotopic (exact) mass is 267 g/mol. The summed E-state index contributed by atoms with van der Waals surface area (Å²) in [7, 11) is 0. The summed E-state index contributed by atoms with van der Waals surface area (Å²) in [5.74, 6) is 0.293. The van der Waals surface area contributed by atoms with Crippen LogP contribution >= 0.6 is 12.4 Å². The Morgan fingerprint density at radius 2 is 2.28 bits per heavy atom. The van der Waals surface area contributed by atoms with E-state index in [0.717, 1.165) is 17.3 Å². The number of hydrogen-bond donors (Lipinski definition) is 1. The van der Waals surface area contributed by atoms with E-state index in [1.165, 1.54) is 0 Å². The van der Waals surface area contributed by atoms with Gasteiger partial charge in [0.15, 0.2) is 0 Å². The average molecular weight is 268 g/mol. The summed E-state index contributed by atoms with van der Waals surface area (Å²) < 4.78 is 10.6. The first-order chi connectivity index (χ1) is 8.34. The summed E-state index contributed by atoms with van der Waals surface area (Å²) in [6.07, 6.45) is 2.59. The number of aromatic amines is 1. The van der Waals surface area contributed by atoms with E-state index in [4.69, 9.17) is 9.47 Å². The highest BCUT2D eigenvalue weighted by atomic mass is 35.5. The molecule has 1 unspecified atom stereocenters. The quantitative estimate of drug-likeness (QED) is 0.672. The number of ether oxygens (including phenoxy) is 2. The lowest BCUT2D eigenvalue weighted by Gasteiger charge is -2.08. The third kappa shape index (κ3) is 2.35. The molecule has 1 aromatic heterocycles. The van der Waals surface area contributed by atoms with Gasteiger partial charge in [-0.1, -0.05) is 6.07 Å². The highest BCUT2D eigenvalue weighted by molar-refractivity contribution is 5.88. The molecule has 1 saturated heterocycles. The second-order valence-corrected chi connectivity index (χ2v) is 4.18. The minimum absolute atomic E-state index is 0. The molecule has 18 heavy (non-hydrogen) atoms. The minimum atomic E-state index is -0.198. The Labute approximate surface area is 111 Å². The number of carbonyl (C=O) groups is 1. The lowest BCUT2D eigenvalue weighted by Crippen LogP contribution is -2.20. The molecule has 1 aliphatic rings. The smallest absolute Gasteiger partial charge is 0.316 e. The van der Waals surface area contributed by atoms with Crippen LogP contribution in [0.1, 0.15) is 6.42 Å². The number of esters is 1. The molecular weight excluding hydrogens is 254 g/mol. The molecular formula is C13H14ClNO3. The maximum absolute atomic E-state index is 11.9. The standard InChI is InChI=1S/C13H13NO3.ClH/c15-13(9-5-7-16-8-9)17-12-3-1-2-11-10(12)4-6-14-11;/h1-4,6,9,14H,5,7-8H2;1H. The summed E-state index contributed by atoms with van der Waals surface area (Å²) in [5.41, 5.74) is 0.970. The van der Waals surface area contributed by atoms with Crippen LogP contribution in [0.5, 0.6) is 5.75 Å². The van der Waals surface area contributed by atoms with Crippen molar-refractivity contribution in [3.63, 3.8) is 0 Å². The molecule has 96 valence electrons. The number of H-pyrrole nitrogens is 1. The van der Waals surface area contributed by atoms with Gasteiger partial charge in [-0.25, -0.2) is 0 Å². The van der Waals surface area contributed by atoms with Crippen LogP contribution in [0, 0.1) is 5.92 Å². The summed E-state index contributed by atoms with van der Waals surface area (Å²) >= 11 is 0. The third-order valence-electron chi connectivity index (χ3n) is 3.03. The van der Waals surface area contributed by atoms with Gasteiger partial charge in [-0.05, 0) is 24.6 Å². The topological polar surface area (TPSA) is 51.3 Å². The SMILES string of the molecule is Cl.O=C(Oc1cccc2[nH]ccc12)C1CCOC1. The number of fused-ring (bicyclic) bond motifs is 1. The summed E-state index contributed by atoms with van der Waals surface area (Å²) in [4.78, 5) is 15.0. The predicted molar refractivity (Wildman–Crippen MR) is 70.1 cm³/mol. The number of nitrogens with one attached hydrogen (secondary N) is 1. The van der Waals surface area contributed by atoms with E-state index in [0.29, 0.717) is 19.0 Å². The summed E-state index contributed by atoms with van der Waals surface area (Å²) in [5, 5.41) is 0.930. The molecule has 0 spiro atoms. The first kappa shape index (κ1) is 12.9. The van der Waals surface area contributed by atoms with E-state index in [2.05, 4.69) is 4.98 Å². The van der Waals surface area contributed by atoms with E-state index < -0.39 is 0 Å². The van der Waals surface area contributed by atoms with Gasteiger partial charge in [0.1, 0.15) is 5.75 Å². The molecule has 1 aromatic carbocycles. The molecule has 1 aliphatic heterocycles. The highest BCUT2D eigenvalue weighted by Gasteiger charge is 2.25. The first-order valence-electron chi connectivity index (χ1n) is 5.70. The Morgan fingerprint density at radius 3 is 3.06 bits per heavy atom. The summed E-state index contributed by atoms with van der Waals surface area (Å²) in [6.45, 7) is 1.12. The van der Waals surface area contributed by atoms with Crippen molar-refractivity contribution in [2.45, 2.75) is 6.42 Å². The molecule has 4 nitrogen and oxygen atoms in total. The molecule has 5 heteroatoms. The molecule has 0 radical (unpaired) electrons. The van der Waals surface area contributed by atoms with Crippen molar-refractivity contribution >= 4 is 29.3 Å². The Bertz CT molecular complexity index is 546. The van der Waals surface area contributed by atoms with Crippen molar-refractivity contribution in [3.8, 4) is 5.75 Å². The van der Waals surface area contributed by atoms with Crippen LogP contribution in [0.4, 0.5) is 0 Å². The first-order valence-corrected chi connectivity index (χ1v) is 5.70. The van der Waals surface area contributed by atoms with Crippen LogP contribution in [0.2, 0.25) is 0 Å². The van der Waals surface area contributed by atoms with Crippen molar-refractivity contribution in [3.05, 3.63) is 30.5 Å². The normalized spacial score (nSPS) is 18.6. The predicted octanol–water partition coefficient (Wildman–Crippen LogP) is 2.53. The molecule has 1 fully saturated rings.